The zero-order chi connectivity index (χ0) is 13.1. The van der Waals surface area contributed by atoms with E-state index in [1.165, 1.54) is 13.3 Å². The van der Waals surface area contributed by atoms with E-state index in [1.807, 2.05) is 0 Å². The third kappa shape index (κ3) is 1.30. The number of pyridine rings is 1. The number of methoxy groups -OCH3 is 1. The molecule has 2 N–H and O–H groups in total. The van der Waals surface area contributed by atoms with E-state index in [0.29, 0.717) is 28.8 Å². The lowest BCUT2D eigenvalue weighted by Gasteiger charge is -2.31. The molecule has 0 radical (unpaired) electrons. The maximum Gasteiger partial charge on any atom is 0.264 e. The topological polar surface area (TPSA) is 62.4 Å². The van der Waals surface area contributed by atoms with Crippen molar-refractivity contribution in [2.45, 2.75) is 18.4 Å². The Balaban J connectivity index is 1.92. The van der Waals surface area contributed by atoms with E-state index in [9.17, 15) is 10.0 Å². The summed E-state index contributed by atoms with van der Waals surface area (Å²) in [5.41, 5.74) is 1.23. The second-order valence-electron chi connectivity index (χ2n) is 5.50. The van der Waals surface area contributed by atoms with Crippen molar-refractivity contribution in [2.24, 2.45) is 11.8 Å². The molecular formula is C14H15N2O3+. The highest BCUT2D eigenvalue weighted by molar-refractivity contribution is 5.97. The minimum atomic E-state index is -0.126. The van der Waals surface area contributed by atoms with Crippen LogP contribution in [-0.4, -0.2) is 24.3 Å². The number of carbonyl (C=O) groups excluding carboxylic acids is 1. The monoisotopic (exact) mass is 259 g/mol. The maximum atomic E-state index is 12.2. The first-order valence-corrected chi connectivity index (χ1v) is 6.51. The molecule has 98 valence electrons. The summed E-state index contributed by atoms with van der Waals surface area (Å²) in [5, 5.41) is 13.3. The highest BCUT2D eigenvalue weighted by Gasteiger charge is 2.54. The molecule has 1 fully saturated rings. The zero-order valence-corrected chi connectivity index (χ0v) is 10.5. The van der Waals surface area contributed by atoms with Crippen molar-refractivity contribution >= 4 is 5.91 Å². The predicted octanol–water partition coefficient (Wildman–Crippen LogP) is 0.621. The molecule has 0 spiro atoms. The number of amides is 1. The molecule has 1 aromatic heterocycles. The molecule has 5 heteroatoms. The van der Waals surface area contributed by atoms with Crippen LogP contribution in [0.15, 0.2) is 24.4 Å². The van der Waals surface area contributed by atoms with Gasteiger partial charge in [0.25, 0.3) is 17.8 Å². The molecule has 0 aromatic carbocycles. The lowest BCUT2D eigenvalue weighted by molar-refractivity contribution is -0.910. The molecule has 0 saturated heterocycles. The SMILES string of the molecule is COc1cc2c([n+](O)c1)C1C3C=CC(C3)C1NC2=O. The van der Waals surface area contributed by atoms with Gasteiger partial charge in [0, 0.05) is 16.8 Å². The lowest BCUT2D eigenvalue weighted by atomic mass is 9.81. The molecular weight excluding hydrogens is 244 g/mol. The number of hydrogen-bond acceptors (Lipinski definition) is 3. The fourth-order valence-corrected chi connectivity index (χ4v) is 3.81. The van der Waals surface area contributed by atoms with Gasteiger partial charge >= 0.3 is 0 Å². The van der Waals surface area contributed by atoms with Crippen LogP contribution in [0.2, 0.25) is 0 Å². The van der Waals surface area contributed by atoms with Crippen molar-refractivity contribution in [3.05, 3.63) is 35.7 Å². The molecule has 2 heterocycles. The van der Waals surface area contributed by atoms with Gasteiger partial charge < -0.3 is 10.1 Å². The van der Waals surface area contributed by atoms with Gasteiger partial charge in [-0.1, -0.05) is 12.2 Å². The Hall–Kier alpha value is -2.04. The summed E-state index contributed by atoms with van der Waals surface area (Å²) in [4.78, 5) is 12.2. The van der Waals surface area contributed by atoms with E-state index >= 15 is 0 Å². The molecule has 1 saturated carbocycles. The van der Waals surface area contributed by atoms with E-state index in [1.54, 1.807) is 6.07 Å². The van der Waals surface area contributed by atoms with Crippen molar-refractivity contribution in [3.63, 3.8) is 0 Å². The minimum Gasteiger partial charge on any atom is -0.491 e. The van der Waals surface area contributed by atoms with Crippen molar-refractivity contribution in [1.29, 1.82) is 0 Å². The summed E-state index contributed by atoms with van der Waals surface area (Å²) in [7, 11) is 1.52. The molecule has 4 unspecified atom stereocenters. The highest BCUT2D eigenvalue weighted by Crippen LogP contribution is 2.50. The lowest BCUT2D eigenvalue weighted by Crippen LogP contribution is -2.52. The smallest absolute Gasteiger partial charge is 0.264 e. The first-order chi connectivity index (χ1) is 9.19. The van der Waals surface area contributed by atoms with Crippen molar-refractivity contribution in [3.8, 4) is 5.75 Å². The fourth-order valence-electron chi connectivity index (χ4n) is 3.81. The van der Waals surface area contributed by atoms with Gasteiger partial charge in [0.05, 0.1) is 13.0 Å². The molecule has 4 rings (SSSR count). The van der Waals surface area contributed by atoms with Gasteiger partial charge in [0.15, 0.2) is 5.75 Å². The second-order valence-corrected chi connectivity index (χ2v) is 5.50. The first-order valence-electron chi connectivity index (χ1n) is 6.51. The van der Waals surface area contributed by atoms with E-state index in [0.717, 1.165) is 11.2 Å². The number of fused-ring (bicyclic) bond motifs is 7. The second kappa shape index (κ2) is 3.50. The van der Waals surface area contributed by atoms with Crippen LogP contribution in [0.3, 0.4) is 0 Å². The van der Waals surface area contributed by atoms with Crippen LogP contribution in [-0.2, 0) is 0 Å². The van der Waals surface area contributed by atoms with Crippen LogP contribution >= 0.6 is 0 Å². The standard InChI is InChI=1S/C14H14N2O3/c1-19-9-5-10-13(16(18)6-9)11-7-2-3-8(4-7)12(11)15-14(10)17/h2-3,5-8,11-12H,4H2,1H3,(H-,15,17,18)/p+1. The Labute approximate surface area is 110 Å². The van der Waals surface area contributed by atoms with Gasteiger partial charge in [-0.2, -0.15) is 0 Å². The van der Waals surface area contributed by atoms with E-state index in [-0.39, 0.29) is 17.9 Å². The Bertz CT molecular complexity index is 611. The fraction of sp³-hybridized carbons (Fsp3) is 0.429. The number of aromatic nitrogens is 1. The summed E-state index contributed by atoms with van der Waals surface area (Å²) in [6, 6.07) is 1.81. The van der Waals surface area contributed by atoms with Crippen LogP contribution in [0, 0.1) is 11.8 Å². The number of ether oxygens (including phenoxy) is 1. The van der Waals surface area contributed by atoms with Crippen LogP contribution < -0.4 is 14.8 Å². The third-order valence-corrected chi connectivity index (χ3v) is 4.61. The Morgan fingerprint density at radius 3 is 3.00 bits per heavy atom. The zero-order valence-electron chi connectivity index (χ0n) is 10.5. The van der Waals surface area contributed by atoms with Crippen molar-refractivity contribution < 1.29 is 19.5 Å². The molecule has 1 aromatic rings. The largest absolute Gasteiger partial charge is 0.491 e. The number of hydrogen-bond donors (Lipinski definition) is 2. The number of nitrogens with one attached hydrogen (secondary N) is 1. The number of allylic oxidation sites excluding steroid dienone is 1. The summed E-state index contributed by atoms with van der Waals surface area (Å²) in [6.45, 7) is 0. The van der Waals surface area contributed by atoms with Gasteiger partial charge in [-0.15, -0.1) is 0 Å². The van der Waals surface area contributed by atoms with E-state index < -0.39 is 0 Å². The number of rotatable bonds is 1. The Morgan fingerprint density at radius 2 is 2.21 bits per heavy atom. The number of carbonyl (C=O) groups is 1. The van der Waals surface area contributed by atoms with Crippen LogP contribution in [0.5, 0.6) is 5.75 Å². The molecule has 1 amide bonds. The van der Waals surface area contributed by atoms with Crippen LogP contribution in [0.1, 0.15) is 28.4 Å². The molecule has 5 nitrogen and oxygen atoms in total. The average molecular weight is 259 g/mol. The Morgan fingerprint density at radius 1 is 1.42 bits per heavy atom. The molecule has 1 aliphatic heterocycles. The number of nitrogens with zero attached hydrogens (tertiary/aromatic N) is 1. The van der Waals surface area contributed by atoms with Gasteiger partial charge in [-0.05, 0) is 18.3 Å². The minimum absolute atomic E-state index is 0.113. The first kappa shape index (κ1) is 10.8. The third-order valence-electron chi connectivity index (χ3n) is 4.61. The summed E-state index contributed by atoms with van der Waals surface area (Å²) < 4.78 is 6.18. The summed E-state index contributed by atoms with van der Waals surface area (Å²) in [5.74, 6) is 1.32. The van der Waals surface area contributed by atoms with Gasteiger partial charge in [0.1, 0.15) is 5.56 Å². The van der Waals surface area contributed by atoms with Gasteiger partial charge in [-0.3, -0.25) is 10.0 Å². The van der Waals surface area contributed by atoms with Gasteiger partial charge in [-0.25, -0.2) is 0 Å². The molecule has 4 atom stereocenters. The summed E-state index contributed by atoms with van der Waals surface area (Å²) in [6.07, 6.45) is 6.96. The van der Waals surface area contributed by atoms with Crippen LogP contribution in [0.25, 0.3) is 0 Å². The van der Waals surface area contributed by atoms with E-state index in [4.69, 9.17) is 4.74 Å². The normalized spacial score (nSPS) is 33.8. The highest BCUT2D eigenvalue weighted by atomic mass is 16.5. The van der Waals surface area contributed by atoms with Gasteiger partial charge in [0.2, 0.25) is 0 Å². The molecule has 3 aliphatic rings. The molecule has 19 heavy (non-hydrogen) atoms. The quantitative estimate of drug-likeness (QED) is 0.441. The Kier molecular flexibility index (Phi) is 2.00. The molecule has 2 aliphatic carbocycles. The van der Waals surface area contributed by atoms with Crippen LogP contribution in [0.4, 0.5) is 0 Å². The van der Waals surface area contributed by atoms with Crippen molar-refractivity contribution in [2.75, 3.05) is 7.11 Å². The van der Waals surface area contributed by atoms with Crippen molar-refractivity contribution in [1.82, 2.24) is 5.32 Å². The maximum absolute atomic E-state index is 12.2. The predicted molar refractivity (Wildman–Crippen MR) is 65.1 cm³/mol. The van der Waals surface area contributed by atoms with E-state index in [2.05, 4.69) is 17.5 Å². The molecule has 2 bridgehead atoms. The average Bonchev–Trinajstić information content (AvgIpc) is 2.99. The summed E-state index contributed by atoms with van der Waals surface area (Å²) >= 11 is 0.